The fourth-order valence-corrected chi connectivity index (χ4v) is 16.5. The summed E-state index contributed by atoms with van der Waals surface area (Å²) in [5.74, 6) is 1.38. The third-order valence-electron chi connectivity index (χ3n) is 22.7. The van der Waals surface area contributed by atoms with Gasteiger partial charge in [0.2, 0.25) is 5.91 Å². The number of hydrogen-bond donors (Lipinski definition) is 1. The molecule has 3 aliphatic heterocycles. The van der Waals surface area contributed by atoms with Crippen LogP contribution in [0.25, 0.3) is 0 Å². The van der Waals surface area contributed by atoms with Crippen molar-refractivity contribution >= 4 is 30.3 Å². The summed E-state index contributed by atoms with van der Waals surface area (Å²) < 4.78 is 41.9. The zero-order chi connectivity index (χ0) is 63.2. The van der Waals surface area contributed by atoms with Gasteiger partial charge in [0.05, 0.1) is 22.0 Å². The van der Waals surface area contributed by atoms with E-state index in [1.54, 1.807) is 55.4 Å². The van der Waals surface area contributed by atoms with Crippen LogP contribution < -0.4 is 34.9 Å². The summed E-state index contributed by atoms with van der Waals surface area (Å²) in [6, 6.07) is 21.3. The second-order valence-electron chi connectivity index (χ2n) is 29.6. The number of amides is 7. The summed E-state index contributed by atoms with van der Waals surface area (Å²) >= 11 is 0. The van der Waals surface area contributed by atoms with Crippen molar-refractivity contribution < 1.29 is 72.2 Å². The van der Waals surface area contributed by atoms with E-state index in [2.05, 4.69) is 77.0 Å². The van der Waals surface area contributed by atoms with Crippen LogP contribution in [-0.4, -0.2) is 205 Å². The summed E-state index contributed by atoms with van der Waals surface area (Å²) in [5, 5.41) is 3.08. The predicted octanol–water partition coefficient (Wildman–Crippen LogP) is 7.86. The molecule has 0 radical (unpaired) electrons. The average molecular weight is 1260 g/mol. The van der Waals surface area contributed by atoms with Crippen LogP contribution in [0.2, 0.25) is 0 Å². The molecule has 6 aliphatic carbocycles. The Hall–Kier alpha value is -4.76. The summed E-state index contributed by atoms with van der Waals surface area (Å²) in [7, 11) is 16.0. The molecule has 2 N–H and O–H groups in total. The molecule has 0 unspecified atom stereocenters. The van der Waals surface area contributed by atoms with Crippen molar-refractivity contribution in [1.82, 2.24) is 49.4 Å². The monoisotopic (exact) mass is 1260 g/mol. The van der Waals surface area contributed by atoms with Gasteiger partial charge in [0.1, 0.15) is 17.5 Å². The van der Waals surface area contributed by atoms with Crippen molar-refractivity contribution in [2.45, 2.75) is 169 Å². The molecule has 0 aromatic heterocycles. The number of halogens is 3. The molecule has 490 valence electrons. The zero-order valence-corrected chi connectivity index (χ0v) is 57.9. The van der Waals surface area contributed by atoms with E-state index >= 15 is 0 Å². The average Bonchev–Trinajstić information content (AvgIpc) is 1.11. The van der Waals surface area contributed by atoms with Crippen molar-refractivity contribution in [3.05, 3.63) is 107 Å². The molecule has 9 fully saturated rings. The van der Waals surface area contributed by atoms with Crippen LogP contribution in [-0.2, 0) is 26.2 Å². The zero-order valence-electron chi connectivity index (χ0n) is 55.9. The Kier molecular flexibility index (Phi) is 22.2. The molecule has 20 heteroatoms. The van der Waals surface area contributed by atoms with Gasteiger partial charge < -0.3 is 45.0 Å². The van der Waals surface area contributed by atoms with Gasteiger partial charge >= 0.3 is 47.7 Å². The van der Waals surface area contributed by atoms with Crippen molar-refractivity contribution in [2.24, 2.45) is 23.2 Å². The van der Waals surface area contributed by atoms with Crippen LogP contribution in [0.4, 0.5) is 27.6 Å². The van der Waals surface area contributed by atoms with Gasteiger partial charge in [0.15, 0.2) is 0 Å². The first-order valence-corrected chi connectivity index (χ1v) is 32.8. The van der Waals surface area contributed by atoms with E-state index in [1.165, 1.54) is 56.7 Å². The molecule has 3 aromatic rings. The SMILES string of the molecule is CN(C)C(=O)C(C)(C)CN1CC2(CCC(c3cccc(F)c3)(N(C)C)CC2)N(CC2CC2)C1=O.CN(C)C1(c2cccc(F)c2)CCC2(CC1)CN(CC[C-]=O)C(=O)N2CC1CC1.CN(C)C1(c2cccc(F)c2)CCC2(CC1)CNC(=O)N2CC1CC1.[Na+].[OH-]. The molecular formula is C70H101F3N10NaO6-. The van der Waals surface area contributed by atoms with Crippen molar-refractivity contribution in [1.29, 1.82) is 0 Å². The van der Waals surface area contributed by atoms with Crippen LogP contribution in [0.3, 0.4) is 0 Å². The Morgan fingerprint density at radius 2 is 0.889 bits per heavy atom. The normalized spacial score (nSPS) is 29.1. The molecule has 90 heavy (non-hydrogen) atoms. The van der Waals surface area contributed by atoms with Gasteiger partial charge in [-0.3, -0.25) is 25.8 Å². The minimum absolute atomic E-state index is 0. The molecule has 12 rings (SSSR count). The molecule has 6 saturated carbocycles. The van der Waals surface area contributed by atoms with Gasteiger partial charge in [-0.1, -0.05) is 36.4 Å². The topological polar surface area (TPSA) is 157 Å². The number of rotatable bonds is 18. The number of carbonyl (C=O) groups excluding carboxylic acids is 5. The smallest absolute Gasteiger partial charge is 0.870 e. The molecule has 16 nitrogen and oxygen atoms in total. The molecule has 3 saturated heterocycles. The molecule has 0 atom stereocenters. The van der Waals surface area contributed by atoms with Crippen LogP contribution in [0.15, 0.2) is 72.8 Å². The molecule has 9 aliphatic rings. The molecule has 3 aromatic carbocycles. The first-order chi connectivity index (χ1) is 41.8. The largest absolute Gasteiger partial charge is 1.00 e. The van der Waals surface area contributed by atoms with E-state index in [1.807, 2.05) is 48.1 Å². The van der Waals surface area contributed by atoms with Gasteiger partial charge in [-0.15, -0.1) is 6.42 Å². The van der Waals surface area contributed by atoms with E-state index in [9.17, 15) is 37.1 Å². The summed E-state index contributed by atoms with van der Waals surface area (Å²) in [6.07, 6.45) is 20.3. The Morgan fingerprint density at radius 1 is 0.544 bits per heavy atom. The maximum atomic E-state index is 14.1. The van der Waals surface area contributed by atoms with Gasteiger partial charge in [0, 0.05) is 76.5 Å². The third-order valence-corrected chi connectivity index (χ3v) is 22.7. The molecule has 7 amide bonds. The summed E-state index contributed by atoms with van der Waals surface area (Å²) in [4.78, 5) is 81.2. The van der Waals surface area contributed by atoms with Gasteiger partial charge in [-0.25, -0.2) is 27.6 Å². The number of benzene rings is 3. The number of urea groups is 3. The minimum atomic E-state index is -0.639. The number of carbonyl (C=O) groups is 4. The fourth-order valence-electron chi connectivity index (χ4n) is 16.5. The Labute approximate surface area is 556 Å². The van der Waals surface area contributed by atoms with E-state index in [0.29, 0.717) is 43.9 Å². The minimum Gasteiger partial charge on any atom is -0.870 e. The van der Waals surface area contributed by atoms with E-state index in [-0.39, 0.29) is 116 Å². The molecule has 0 bridgehead atoms. The van der Waals surface area contributed by atoms with Crippen molar-refractivity contribution in [2.75, 3.05) is 109 Å². The van der Waals surface area contributed by atoms with E-state index in [4.69, 9.17) is 0 Å². The van der Waals surface area contributed by atoms with Crippen LogP contribution in [0.1, 0.15) is 153 Å². The number of hydrogen-bond acceptors (Lipinski definition) is 9. The third kappa shape index (κ3) is 14.5. The van der Waals surface area contributed by atoms with Crippen LogP contribution >= 0.6 is 0 Å². The Morgan fingerprint density at radius 3 is 1.22 bits per heavy atom. The van der Waals surface area contributed by atoms with E-state index in [0.717, 1.165) is 120 Å². The van der Waals surface area contributed by atoms with Crippen molar-refractivity contribution in [3.8, 4) is 0 Å². The Balaban J connectivity index is 0.000000174. The molecular weight excluding hydrogens is 1160 g/mol. The van der Waals surface area contributed by atoms with Crippen LogP contribution in [0, 0.1) is 40.6 Å². The maximum absolute atomic E-state index is 14.1. The van der Waals surface area contributed by atoms with Crippen molar-refractivity contribution in [3.63, 3.8) is 0 Å². The van der Waals surface area contributed by atoms with Gasteiger partial charge in [0.25, 0.3) is 0 Å². The summed E-state index contributed by atoms with van der Waals surface area (Å²) in [6.45, 7) is 9.39. The van der Waals surface area contributed by atoms with Crippen LogP contribution in [0.5, 0.6) is 0 Å². The first-order valence-electron chi connectivity index (χ1n) is 32.8. The first kappa shape index (κ1) is 71.1. The molecule has 3 spiro atoms. The quantitative estimate of drug-likeness (QED) is 0.0990. The number of nitrogens with one attached hydrogen (secondary N) is 1. The van der Waals surface area contributed by atoms with Gasteiger partial charge in [-0.2, -0.15) is 0 Å². The summed E-state index contributed by atoms with van der Waals surface area (Å²) in [5.41, 5.74) is 1.40. The second kappa shape index (κ2) is 28.1. The predicted molar refractivity (Wildman–Crippen MR) is 339 cm³/mol. The van der Waals surface area contributed by atoms with Gasteiger partial charge in [-0.05, 0) is 249 Å². The number of nitrogens with zero attached hydrogens (tertiary/aromatic N) is 9. The van der Waals surface area contributed by atoms with E-state index < -0.39 is 5.41 Å². The standard InChI is InChI=1S/C27H41FN4O2.C23H31FN3O2.C20H28FN3O.Na.H2O/c1-25(2,23(33)29(3)4)18-31-19-26(32(24(31)34)17-20-10-11-20)12-14-27(15-13-26,30(5)6)21-8-7-9-22(28)16-21;1-25(2)23(19-5-3-6-20(24)15-19)11-9-22(10-12-23)17-26(13-4-14-28)21(29)27(22)16-18-7-8-18;1-23(2)20(16-4-3-5-17(21)12-16)10-8-19(9-11-20)14-22-18(25)24(19)13-15-6-7-15;;/h7-9,16,20H,10-15,17-19H2,1-6H3;3,5-6,15,18H,4,7-13,16-17H2,1-2H3;3-5,12,15H,6-11,13-14H2,1-2H3,(H,22,25);;1H2/q;-1;;+1;/p-1. The molecule has 3 heterocycles. The second-order valence-corrected chi connectivity index (χ2v) is 29.6. The fraction of sp³-hybridized carbons (Fsp3) is 0.671. The Bertz CT molecular complexity index is 3000. The maximum Gasteiger partial charge on any atom is 1.00 e.